The van der Waals surface area contributed by atoms with Crippen LogP contribution in [0.15, 0.2) is 78.1 Å². The highest BCUT2D eigenvalue weighted by Gasteiger charge is 2.16. The highest BCUT2D eigenvalue weighted by atomic mass is 32.2. The van der Waals surface area contributed by atoms with Crippen molar-refractivity contribution in [1.29, 1.82) is 0 Å². The summed E-state index contributed by atoms with van der Waals surface area (Å²) in [6, 6.07) is 22.7. The first kappa shape index (κ1) is 24.6. The summed E-state index contributed by atoms with van der Waals surface area (Å²) < 4.78 is 7.27. The summed E-state index contributed by atoms with van der Waals surface area (Å²) in [5, 5.41) is 3.51. The van der Waals surface area contributed by atoms with Crippen LogP contribution in [0, 0.1) is 0 Å². The molecule has 4 aromatic rings. The Balaban J connectivity index is 1.39. The lowest BCUT2D eigenvalue weighted by atomic mass is 10.0. The van der Waals surface area contributed by atoms with Crippen molar-refractivity contribution in [1.82, 2.24) is 14.5 Å². The first-order chi connectivity index (χ1) is 17.7. The molecular formula is C30H33N3O2S. The predicted octanol–water partition coefficient (Wildman–Crippen LogP) is 6.19. The van der Waals surface area contributed by atoms with E-state index in [4.69, 9.17) is 9.72 Å². The number of ether oxygens (including phenoxy) is 1. The van der Waals surface area contributed by atoms with Crippen molar-refractivity contribution in [2.45, 2.75) is 43.1 Å². The van der Waals surface area contributed by atoms with E-state index in [1.807, 2.05) is 24.3 Å². The minimum atomic E-state index is -0.299. The van der Waals surface area contributed by atoms with Crippen LogP contribution in [-0.4, -0.2) is 47.2 Å². The van der Waals surface area contributed by atoms with E-state index in [1.165, 1.54) is 55.8 Å². The molecule has 6 heteroatoms. The van der Waals surface area contributed by atoms with Gasteiger partial charge in [-0.2, -0.15) is 0 Å². The van der Waals surface area contributed by atoms with E-state index in [0.717, 1.165) is 35.9 Å². The second-order valence-corrected chi connectivity index (χ2v) is 10.3. The Hall–Kier alpha value is -3.09. The lowest BCUT2D eigenvalue weighted by Gasteiger charge is -2.25. The number of hydrogen-bond acceptors (Lipinski definition) is 5. The van der Waals surface area contributed by atoms with E-state index in [-0.39, 0.29) is 5.97 Å². The van der Waals surface area contributed by atoms with Crippen molar-refractivity contribution in [2.24, 2.45) is 0 Å². The van der Waals surface area contributed by atoms with E-state index in [0.29, 0.717) is 11.3 Å². The zero-order valence-corrected chi connectivity index (χ0v) is 21.7. The summed E-state index contributed by atoms with van der Waals surface area (Å²) in [6.07, 6.45) is 7.13. The molecule has 0 N–H and O–H groups in total. The quantitative estimate of drug-likeness (QED) is 0.203. The van der Waals surface area contributed by atoms with Crippen LogP contribution in [0.3, 0.4) is 0 Å². The fraction of sp³-hybridized carbons (Fsp3) is 0.333. The highest BCUT2D eigenvalue weighted by Crippen LogP contribution is 2.27. The van der Waals surface area contributed by atoms with E-state index in [2.05, 4.69) is 58.1 Å². The Morgan fingerprint density at radius 2 is 1.69 bits per heavy atom. The van der Waals surface area contributed by atoms with Gasteiger partial charge in [-0.1, -0.05) is 78.8 Å². The number of hydrogen-bond donors (Lipinski definition) is 0. The minimum absolute atomic E-state index is 0.299. The maximum absolute atomic E-state index is 12.3. The zero-order valence-electron chi connectivity index (χ0n) is 20.9. The van der Waals surface area contributed by atoms with Crippen molar-refractivity contribution >= 4 is 28.5 Å². The monoisotopic (exact) mass is 499 g/mol. The molecule has 0 saturated carbocycles. The maximum atomic E-state index is 12.3. The van der Waals surface area contributed by atoms with Gasteiger partial charge in [0.1, 0.15) is 0 Å². The zero-order chi connectivity index (χ0) is 24.7. The summed E-state index contributed by atoms with van der Waals surface area (Å²) >= 11 is 1.68. The van der Waals surface area contributed by atoms with Crippen LogP contribution in [0.4, 0.5) is 0 Å². The molecule has 0 atom stereocenters. The van der Waals surface area contributed by atoms with Crippen LogP contribution in [0.2, 0.25) is 0 Å². The SMILES string of the molecule is COC(=O)c1ccccc1CSc1nc(CCN2CCCCC2)cn1Cc1cccc2ccccc12. The summed E-state index contributed by atoms with van der Waals surface area (Å²) in [5.74, 6) is 0.358. The number of nitrogens with zero attached hydrogens (tertiary/aromatic N) is 3. The molecule has 0 spiro atoms. The van der Waals surface area contributed by atoms with E-state index in [1.54, 1.807) is 11.8 Å². The Kier molecular flexibility index (Phi) is 8.04. The Bertz CT molecular complexity index is 1320. The fourth-order valence-electron chi connectivity index (χ4n) is 4.97. The first-order valence-electron chi connectivity index (χ1n) is 12.8. The third kappa shape index (κ3) is 5.82. The number of piperidine rings is 1. The summed E-state index contributed by atoms with van der Waals surface area (Å²) in [4.78, 5) is 19.9. The molecule has 0 aliphatic carbocycles. The summed E-state index contributed by atoms with van der Waals surface area (Å²) in [6.45, 7) is 4.21. The van der Waals surface area contributed by atoms with Gasteiger partial charge < -0.3 is 14.2 Å². The van der Waals surface area contributed by atoms with E-state index >= 15 is 0 Å². The Morgan fingerprint density at radius 1 is 0.944 bits per heavy atom. The fourth-order valence-corrected chi connectivity index (χ4v) is 5.97. The standard InChI is InChI=1S/C30H33N3O2S/c1-35-29(34)28-15-6-4-11-25(28)22-36-30-31-26(16-19-32-17-7-2-8-18-32)21-33(30)20-24-13-9-12-23-10-3-5-14-27(23)24/h3-6,9-15,21H,2,7-8,16-20,22H2,1H3. The molecule has 0 amide bonds. The number of carbonyl (C=O) groups is 1. The minimum Gasteiger partial charge on any atom is -0.465 e. The number of likely N-dealkylation sites (tertiary alicyclic amines) is 1. The smallest absolute Gasteiger partial charge is 0.338 e. The van der Waals surface area contributed by atoms with Crippen LogP contribution in [0.1, 0.15) is 46.4 Å². The van der Waals surface area contributed by atoms with Gasteiger partial charge in [0, 0.05) is 24.9 Å². The second-order valence-electron chi connectivity index (χ2n) is 9.37. The third-order valence-corrected chi connectivity index (χ3v) is 7.96. The number of benzene rings is 3. The van der Waals surface area contributed by atoms with Crippen LogP contribution >= 0.6 is 11.8 Å². The van der Waals surface area contributed by atoms with Crippen LogP contribution in [-0.2, 0) is 23.5 Å². The molecule has 1 aliphatic rings. The normalized spacial score (nSPS) is 14.2. The number of carbonyl (C=O) groups excluding carboxylic acids is 1. The molecule has 2 heterocycles. The van der Waals surface area contributed by atoms with Crippen molar-refractivity contribution in [2.75, 3.05) is 26.7 Å². The Morgan fingerprint density at radius 3 is 2.56 bits per heavy atom. The lowest BCUT2D eigenvalue weighted by Crippen LogP contribution is -2.31. The molecule has 1 aliphatic heterocycles. The molecule has 0 unspecified atom stereocenters. The number of imidazole rings is 1. The van der Waals surface area contributed by atoms with Gasteiger partial charge in [-0.25, -0.2) is 9.78 Å². The van der Waals surface area contributed by atoms with Gasteiger partial charge in [-0.3, -0.25) is 0 Å². The average Bonchev–Trinajstić information content (AvgIpc) is 3.32. The van der Waals surface area contributed by atoms with Crippen molar-refractivity contribution in [3.05, 3.63) is 95.3 Å². The number of methoxy groups -OCH3 is 1. The van der Waals surface area contributed by atoms with Crippen LogP contribution < -0.4 is 0 Å². The summed E-state index contributed by atoms with van der Waals surface area (Å²) in [7, 11) is 1.43. The van der Waals surface area contributed by atoms with Gasteiger partial charge in [0.2, 0.25) is 0 Å². The average molecular weight is 500 g/mol. The van der Waals surface area contributed by atoms with Gasteiger partial charge >= 0.3 is 5.97 Å². The maximum Gasteiger partial charge on any atom is 0.338 e. The lowest BCUT2D eigenvalue weighted by molar-refractivity contribution is 0.0600. The van der Waals surface area contributed by atoms with Crippen LogP contribution in [0.25, 0.3) is 10.8 Å². The van der Waals surface area contributed by atoms with Gasteiger partial charge in [0.15, 0.2) is 5.16 Å². The van der Waals surface area contributed by atoms with Crippen molar-refractivity contribution < 1.29 is 9.53 Å². The molecule has 0 radical (unpaired) electrons. The van der Waals surface area contributed by atoms with Gasteiger partial charge in [-0.05, 0) is 53.9 Å². The van der Waals surface area contributed by atoms with Gasteiger partial charge in [-0.15, -0.1) is 0 Å². The van der Waals surface area contributed by atoms with Crippen molar-refractivity contribution in [3.63, 3.8) is 0 Å². The number of esters is 1. The van der Waals surface area contributed by atoms with E-state index in [9.17, 15) is 4.79 Å². The van der Waals surface area contributed by atoms with Crippen LogP contribution in [0.5, 0.6) is 0 Å². The molecule has 3 aromatic carbocycles. The molecular weight excluding hydrogens is 466 g/mol. The summed E-state index contributed by atoms with van der Waals surface area (Å²) in [5.41, 5.74) is 3.99. The number of aromatic nitrogens is 2. The molecule has 1 fully saturated rings. The number of thioether (sulfide) groups is 1. The molecule has 1 saturated heterocycles. The van der Waals surface area contributed by atoms with Crippen molar-refractivity contribution in [3.8, 4) is 0 Å². The third-order valence-electron chi connectivity index (χ3n) is 6.92. The molecule has 0 bridgehead atoms. The van der Waals surface area contributed by atoms with E-state index < -0.39 is 0 Å². The molecule has 186 valence electrons. The topological polar surface area (TPSA) is 47.4 Å². The highest BCUT2D eigenvalue weighted by molar-refractivity contribution is 7.98. The predicted molar refractivity (Wildman–Crippen MR) is 147 cm³/mol. The van der Waals surface area contributed by atoms with Gasteiger partial charge in [0.25, 0.3) is 0 Å². The Labute approximate surface area is 217 Å². The molecule has 36 heavy (non-hydrogen) atoms. The molecule has 5 rings (SSSR count). The largest absolute Gasteiger partial charge is 0.465 e. The van der Waals surface area contributed by atoms with Gasteiger partial charge in [0.05, 0.1) is 24.9 Å². The molecule has 1 aromatic heterocycles. The first-order valence-corrected chi connectivity index (χ1v) is 13.7. The molecule has 5 nitrogen and oxygen atoms in total. The number of rotatable bonds is 9. The second kappa shape index (κ2) is 11.8. The number of fused-ring (bicyclic) bond motifs is 1.